The van der Waals surface area contributed by atoms with Crippen molar-refractivity contribution in [1.82, 2.24) is 10.2 Å². The zero-order valence-electron chi connectivity index (χ0n) is 24.6. The van der Waals surface area contributed by atoms with Crippen molar-refractivity contribution in [2.75, 3.05) is 10.8 Å². The van der Waals surface area contributed by atoms with E-state index in [9.17, 15) is 35.6 Å². The van der Waals surface area contributed by atoms with Crippen LogP contribution in [-0.4, -0.2) is 43.8 Å². The van der Waals surface area contributed by atoms with E-state index in [0.717, 1.165) is 44.2 Å². The van der Waals surface area contributed by atoms with Crippen LogP contribution in [0, 0.1) is 5.82 Å². The number of anilines is 1. The Labute approximate surface area is 265 Å². The Morgan fingerprint density at radius 2 is 1.62 bits per heavy atom. The highest BCUT2D eigenvalue weighted by Crippen LogP contribution is 2.38. The van der Waals surface area contributed by atoms with Crippen LogP contribution < -0.4 is 9.62 Å². The molecule has 45 heavy (non-hydrogen) atoms. The first-order valence-corrected chi connectivity index (χ1v) is 16.4. The molecule has 0 spiro atoms. The van der Waals surface area contributed by atoms with Crippen molar-refractivity contribution in [1.29, 1.82) is 0 Å². The molecule has 1 N–H and O–H groups in total. The van der Waals surface area contributed by atoms with Crippen LogP contribution in [0.2, 0.25) is 5.02 Å². The van der Waals surface area contributed by atoms with Gasteiger partial charge in [0.05, 0.1) is 21.2 Å². The number of hydrogen-bond acceptors (Lipinski definition) is 4. The molecule has 3 aromatic carbocycles. The van der Waals surface area contributed by atoms with E-state index in [-0.39, 0.29) is 23.9 Å². The Morgan fingerprint density at radius 1 is 0.978 bits per heavy atom. The van der Waals surface area contributed by atoms with E-state index in [4.69, 9.17) is 11.6 Å². The van der Waals surface area contributed by atoms with Crippen LogP contribution in [0.3, 0.4) is 0 Å². The first-order valence-electron chi connectivity index (χ1n) is 14.6. The Kier molecular flexibility index (Phi) is 11.1. The smallest absolute Gasteiger partial charge is 0.352 e. The summed E-state index contributed by atoms with van der Waals surface area (Å²) in [5, 5.41) is 2.37. The van der Waals surface area contributed by atoms with Crippen molar-refractivity contribution in [2.45, 2.75) is 75.1 Å². The molecule has 0 aliphatic heterocycles. The van der Waals surface area contributed by atoms with Crippen molar-refractivity contribution in [2.24, 2.45) is 0 Å². The fourth-order valence-corrected chi connectivity index (χ4v) is 7.04. The molecule has 1 fully saturated rings. The van der Waals surface area contributed by atoms with Crippen molar-refractivity contribution in [3.05, 3.63) is 94.8 Å². The monoisotopic (exact) mass is 667 g/mol. The summed E-state index contributed by atoms with van der Waals surface area (Å²) in [6.07, 6.45) is -0.204. The minimum Gasteiger partial charge on any atom is -0.352 e. The summed E-state index contributed by atoms with van der Waals surface area (Å²) in [6, 6.07) is 13.7. The number of amides is 2. The highest BCUT2D eigenvalue weighted by Gasteiger charge is 2.37. The molecule has 4 rings (SSSR count). The van der Waals surface area contributed by atoms with Crippen LogP contribution in [0.25, 0.3) is 0 Å². The third kappa shape index (κ3) is 8.55. The van der Waals surface area contributed by atoms with E-state index >= 15 is 0 Å². The van der Waals surface area contributed by atoms with Crippen molar-refractivity contribution in [3.63, 3.8) is 0 Å². The quantitative estimate of drug-likeness (QED) is 0.224. The first-order chi connectivity index (χ1) is 21.3. The van der Waals surface area contributed by atoms with Crippen molar-refractivity contribution < 1.29 is 35.6 Å². The number of nitrogens with zero attached hydrogens (tertiary/aromatic N) is 2. The van der Waals surface area contributed by atoms with Gasteiger partial charge in [0.2, 0.25) is 11.8 Å². The molecule has 1 atom stereocenters. The van der Waals surface area contributed by atoms with E-state index in [2.05, 4.69) is 5.32 Å². The molecule has 13 heteroatoms. The van der Waals surface area contributed by atoms with Crippen LogP contribution in [0.15, 0.2) is 77.7 Å². The molecule has 0 saturated heterocycles. The van der Waals surface area contributed by atoms with Crippen LogP contribution in [0.1, 0.15) is 56.6 Å². The molecular formula is C32H34ClF4N3O4S. The van der Waals surface area contributed by atoms with E-state index in [1.807, 2.05) is 0 Å². The van der Waals surface area contributed by atoms with Crippen LogP contribution in [0.4, 0.5) is 23.2 Å². The van der Waals surface area contributed by atoms with Gasteiger partial charge in [0.25, 0.3) is 10.0 Å². The maximum atomic E-state index is 14.1. The Bertz CT molecular complexity index is 1580. The van der Waals surface area contributed by atoms with Gasteiger partial charge in [-0.05, 0) is 67.3 Å². The van der Waals surface area contributed by atoms with E-state index in [0.29, 0.717) is 15.9 Å². The maximum absolute atomic E-state index is 14.1. The Hall–Kier alpha value is -3.64. The summed E-state index contributed by atoms with van der Waals surface area (Å²) in [5.41, 5.74) is -1.24. The summed E-state index contributed by atoms with van der Waals surface area (Å²) in [7, 11) is -4.59. The molecule has 0 radical (unpaired) electrons. The zero-order valence-corrected chi connectivity index (χ0v) is 26.1. The average Bonchev–Trinajstić information content (AvgIpc) is 3.01. The summed E-state index contributed by atoms with van der Waals surface area (Å²) in [4.78, 5) is 28.6. The maximum Gasteiger partial charge on any atom is 0.417 e. The number of rotatable bonds is 11. The number of alkyl halides is 3. The van der Waals surface area contributed by atoms with Gasteiger partial charge in [-0.15, -0.1) is 0 Å². The second kappa shape index (κ2) is 14.6. The van der Waals surface area contributed by atoms with Gasteiger partial charge in [-0.2, -0.15) is 13.2 Å². The number of halogens is 5. The lowest BCUT2D eigenvalue weighted by Crippen LogP contribution is -2.54. The predicted octanol–water partition coefficient (Wildman–Crippen LogP) is 6.95. The fourth-order valence-electron chi connectivity index (χ4n) is 5.38. The number of carbonyl (C=O) groups excluding carboxylic acids is 2. The van der Waals surface area contributed by atoms with Crippen LogP contribution in [-0.2, 0) is 32.3 Å². The minimum absolute atomic E-state index is 0.0760. The van der Waals surface area contributed by atoms with Gasteiger partial charge in [-0.25, -0.2) is 12.8 Å². The van der Waals surface area contributed by atoms with Gasteiger partial charge in [0, 0.05) is 12.6 Å². The average molecular weight is 668 g/mol. The van der Waals surface area contributed by atoms with Crippen molar-refractivity contribution >= 4 is 39.1 Å². The van der Waals surface area contributed by atoms with Crippen LogP contribution in [0.5, 0.6) is 0 Å². The zero-order chi connectivity index (χ0) is 32.8. The number of hydrogen-bond donors (Lipinski definition) is 1. The lowest BCUT2D eigenvalue weighted by molar-refractivity contribution is -0.140. The lowest BCUT2D eigenvalue weighted by atomic mass is 9.95. The molecule has 3 aromatic rings. The standard InChI is InChI=1S/C32H34ClF4N3O4S/c1-2-29(31(42)38-24-9-5-3-6-10-24)39(20-22-13-15-23(34)16-14-22)30(41)21-40(45(43,44)26-11-7-4-8-12-26)25-17-18-28(33)27(19-25)32(35,36)37/h4,7-8,11-19,24,29H,2-3,5-6,9-10,20-21H2,1H3,(H,38,42)/t29-/m1/s1. The molecule has 0 unspecified atom stereocenters. The SMILES string of the molecule is CC[C@H](C(=O)NC1CCCCC1)N(Cc1ccc(F)cc1)C(=O)CN(c1ccc(Cl)c(C(F)(F)F)c1)S(=O)(=O)c1ccccc1. The van der Waals surface area contributed by atoms with Gasteiger partial charge in [0.1, 0.15) is 18.4 Å². The topological polar surface area (TPSA) is 86.8 Å². The third-order valence-corrected chi connectivity index (χ3v) is 9.87. The molecule has 2 amide bonds. The third-order valence-electron chi connectivity index (χ3n) is 7.76. The number of nitrogens with one attached hydrogen (secondary N) is 1. The molecular weight excluding hydrogens is 634 g/mol. The largest absolute Gasteiger partial charge is 0.417 e. The molecule has 0 heterocycles. The second-order valence-corrected chi connectivity index (χ2v) is 13.2. The van der Waals surface area contributed by atoms with Gasteiger partial charge in [0.15, 0.2) is 0 Å². The van der Waals surface area contributed by atoms with Gasteiger partial charge >= 0.3 is 6.18 Å². The van der Waals surface area contributed by atoms with E-state index in [1.165, 1.54) is 53.4 Å². The normalized spacial score (nSPS) is 14.9. The highest BCUT2D eigenvalue weighted by molar-refractivity contribution is 7.92. The van der Waals surface area contributed by atoms with Gasteiger partial charge < -0.3 is 10.2 Å². The summed E-state index contributed by atoms with van der Waals surface area (Å²) in [5.74, 6) is -1.78. The van der Waals surface area contributed by atoms with Crippen LogP contribution >= 0.6 is 11.6 Å². The van der Waals surface area contributed by atoms with E-state index in [1.54, 1.807) is 13.0 Å². The Morgan fingerprint density at radius 3 is 2.22 bits per heavy atom. The highest BCUT2D eigenvalue weighted by atomic mass is 35.5. The summed E-state index contributed by atoms with van der Waals surface area (Å²) >= 11 is 5.82. The Balaban J connectivity index is 1.76. The molecule has 0 bridgehead atoms. The predicted molar refractivity (Wildman–Crippen MR) is 163 cm³/mol. The first kappa shape index (κ1) is 34.2. The van der Waals surface area contributed by atoms with Crippen molar-refractivity contribution in [3.8, 4) is 0 Å². The second-order valence-electron chi connectivity index (χ2n) is 10.9. The minimum atomic E-state index is -4.90. The molecule has 1 aliphatic rings. The molecule has 242 valence electrons. The number of sulfonamides is 1. The number of carbonyl (C=O) groups is 2. The fraction of sp³-hybridized carbons (Fsp3) is 0.375. The number of benzene rings is 3. The molecule has 7 nitrogen and oxygen atoms in total. The van der Waals surface area contributed by atoms with Gasteiger partial charge in [-0.1, -0.05) is 68.1 Å². The summed E-state index contributed by atoms with van der Waals surface area (Å²) in [6.45, 7) is 0.594. The molecule has 0 aromatic heterocycles. The molecule has 1 saturated carbocycles. The summed E-state index contributed by atoms with van der Waals surface area (Å²) < 4.78 is 83.5. The molecule has 1 aliphatic carbocycles. The lowest BCUT2D eigenvalue weighted by Gasteiger charge is -2.34. The van der Waals surface area contributed by atoms with Gasteiger partial charge in [-0.3, -0.25) is 13.9 Å². The van der Waals surface area contributed by atoms with E-state index < -0.39 is 62.7 Å².